The Morgan fingerprint density at radius 2 is 1.94 bits per heavy atom. The minimum atomic E-state index is -1.06. The van der Waals surface area contributed by atoms with Gasteiger partial charge < -0.3 is 14.6 Å². The van der Waals surface area contributed by atoms with Gasteiger partial charge in [-0.1, -0.05) is 25.1 Å². The van der Waals surface area contributed by atoms with Gasteiger partial charge in [0.25, 0.3) is 11.1 Å². The summed E-state index contributed by atoms with van der Waals surface area (Å²) in [6.07, 6.45) is 0.923. The van der Waals surface area contributed by atoms with Crippen molar-refractivity contribution < 1.29 is 29.0 Å². The maximum absolute atomic E-state index is 12.9. The number of carboxylic acids is 1. The van der Waals surface area contributed by atoms with Gasteiger partial charge in [-0.2, -0.15) is 0 Å². The lowest BCUT2D eigenvalue weighted by atomic mass is 10.1. The normalized spacial score (nSPS) is 16.0. The SMILES string of the molecule is CCOc1cc(/C=C2/SC(=O)N(c3cccc(C)c3)C2=O)ccc1OC(CC)C(=O)O. The Labute approximate surface area is 184 Å². The summed E-state index contributed by atoms with van der Waals surface area (Å²) in [7, 11) is 0. The van der Waals surface area contributed by atoms with Gasteiger partial charge in [-0.25, -0.2) is 9.69 Å². The van der Waals surface area contributed by atoms with Crippen LogP contribution >= 0.6 is 11.8 Å². The molecule has 0 aromatic heterocycles. The number of hydrogen-bond donors (Lipinski definition) is 1. The summed E-state index contributed by atoms with van der Waals surface area (Å²) in [5.41, 5.74) is 2.11. The fraction of sp³-hybridized carbons (Fsp3) is 0.261. The maximum Gasteiger partial charge on any atom is 0.344 e. The minimum Gasteiger partial charge on any atom is -0.490 e. The highest BCUT2D eigenvalue weighted by Crippen LogP contribution is 2.37. The lowest BCUT2D eigenvalue weighted by molar-refractivity contribution is -0.145. The van der Waals surface area contributed by atoms with E-state index in [0.717, 1.165) is 22.2 Å². The Morgan fingerprint density at radius 3 is 2.58 bits per heavy atom. The van der Waals surface area contributed by atoms with Crippen molar-refractivity contribution in [3.8, 4) is 11.5 Å². The first kappa shape index (κ1) is 22.4. The number of imide groups is 1. The third-order valence-corrected chi connectivity index (χ3v) is 5.40. The number of rotatable bonds is 8. The molecule has 31 heavy (non-hydrogen) atoms. The van der Waals surface area contributed by atoms with Crippen molar-refractivity contribution in [1.29, 1.82) is 0 Å². The van der Waals surface area contributed by atoms with E-state index < -0.39 is 18.0 Å². The third kappa shape index (κ3) is 5.08. The zero-order valence-electron chi connectivity index (χ0n) is 17.5. The number of carboxylic acid groups (broad SMARTS) is 1. The summed E-state index contributed by atoms with van der Waals surface area (Å²) < 4.78 is 11.2. The van der Waals surface area contributed by atoms with Crippen molar-refractivity contribution in [2.75, 3.05) is 11.5 Å². The first-order chi connectivity index (χ1) is 14.8. The predicted molar refractivity (Wildman–Crippen MR) is 120 cm³/mol. The van der Waals surface area contributed by atoms with E-state index in [2.05, 4.69) is 0 Å². The summed E-state index contributed by atoms with van der Waals surface area (Å²) in [6.45, 7) is 5.77. The number of carbonyl (C=O) groups excluding carboxylic acids is 2. The van der Waals surface area contributed by atoms with Crippen molar-refractivity contribution in [3.63, 3.8) is 0 Å². The van der Waals surface area contributed by atoms with Gasteiger partial charge in [0.1, 0.15) is 0 Å². The molecular formula is C23H23NO6S. The van der Waals surface area contributed by atoms with E-state index in [4.69, 9.17) is 9.47 Å². The van der Waals surface area contributed by atoms with Crippen molar-refractivity contribution in [2.45, 2.75) is 33.3 Å². The largest absolute Gasteiger partial charge is 0.490 e. The van der Waals surface area contributed by atoms with Gasteiger partial charge in [0, 0.05) is 0 Å². The van der Waals surface area contributed by atoms with Crippen molar-refractivity contribution in [2.24, 2.45) is 0 Å². The molecule has 0 aliphatic carbocycles. The van der Waals surface area contributed by atoms with Crippen molar-refractivity contribution in [1.82, 2.24) is 0 Å². The van der Waals surface area contributed by atoms with Crippen molar-refractivity contribution >= 4 is 40.6 Å². The highest BCUT2D eigenvalue weighted by Gasteiger charge is 2.36. The summed E-state index contributed by atoms with van der Waals surface area (Å²) in [4.78, 5) is 38.1. The first-order valence-corrected chi connectivity index (χ1v) is 10.7. The second kappa shape index (κ2) is 9.70. The molecule has 7 nitrogen and oxygen atoms in total. The molecule has 0 saturated carbocycles. The molecule has 2 amide bonds. The van der Waals surface area contributed by atoms with Crippen LogP contribution in [0.25, 0.3) is 6.08 Å². The molecule has 0 radical (unpaired) electrons. The molecule has 1 unspecified atom stereocenters. The number of hydrogen-bond acceptors (Lipinski definition) is 6. The molecule has 1 atom stereocenters. The number of nitrogens with zero attached hydrogens (tertiary/aromatic N) is 1. The minimum absolute atomic E-state index is 0.291. The Balaban J connectivity index is 1.89. The molecule has 0 spiro atoms. The molecule has 3 rings (SSSR count). The smallest absolute Gasteiger partial charge is 0.344 e. The number of thioether (sulfide) groups is 1. The molecule has 1 aliphatic rings. The number of ether oxygens (including phenoxy) is 2. The molecule has 162 valence electrons. The van der Waals surface area contributed by atoms with Crippen LogP contribution in [-0.4, -0.2) is 34.9 Å². The van der Waals surface area contributed by atoms with Gasteiger partial charge in [0.2, 0.25) is 0 Å². The van der Waals surface area contributed by atoms with E-state index in [0.29, 0.717) is 40.7 Å². The zero-order valence-corrected chi connectivity index (χ0v) is 18.3. The van der Waals surface area contributed by atoms with Gasteiger partial charge in [0.05, 0.1) is 17.2 Å². The lowest BCUT2D eigenvalue weighted by Gasteiger charge is -2.17. The van der Waals surface area contributed by atoms with E-state index in [9.17, 15) is 19.5 Å². The number of benzene rings is 2. The summed E-state index contributed by atoms with van der Waals surface area (Å²) in [5.74, 6) is -0.773. The number of carbonyl (C=O) groups is 3. The van der Waals surface area contributed by atoms with E-state index in [1.165, 1.54) is 0 Å². The topological polar surface area (TPSA) is 93.1 Å². The van der Waals surface area contributed by atoms with E-state index in [1.807, 2.05) is 13.0 Å². The van der Waals surface area contributed by atoms with Crippen LogP contribution in [0.5, 0.6) is 11.5 Å². The Bertz CT molecular complexity index is 1050. The molecule has 2 aromatic carbocycles. The van der Waals surface area contributed by atoms with Gasteiger partial charge in [-0.3, -0.25) is 9.59 Å². The zero-order chi connectivity index (χ0) is 22.5. The average molecular weight is 442 g/mol. The summed E-state index contributed by atoms with van der Waals surface area (Å²) in [5, 5.41) is 8.88. The van der Waals surface area contributed by atoms with Gasteiger partial charge in [0.15, 0.2) is 17.6 Å². The van der Waals surface area contributed by atoms with Crippen LogP contribution in [0, 0.1) is 6.92 Å². The molecule has 1 N–H and O–H groups in total. The second-order valence-corrected chi connectivity index (χ2v) is 7.84. The molecule has 1 heterocycles. The first-order valence-electron chi connectivity index (χ1n) is 9.85. The van der Waals surface area contributed by atoms with Gasteiger partial charge >= 0.3 is 5.97 Å². The highest BCUT2D eigenvalue weighted by atomic mass is 32.2. The van der Waals surface area contributed by atoms with Crippen LogP contribution in [0.3, 0.4) is 0 Å². The quantitative estimate of drug-likeness (QED) is 0.584. The van der Waals surface area contributed by atoms with Gasteiger partial charge in [-0.15, -0.1) is 0 Å². The Hall–Kier alpha value is -3.26. The van der Waals surface area contributed by atoms with Crippen LogP contribution in [0.4, 0.5) is 10.5 Å². The highest BCUT2D eigenvalue weighted by molar-refractivity contribution is 8.19. The fourth-order valence-corrected chi connectivity index (χ4v) is 3.89. The van der Waals surface area contributed by atoms with E-state index in [-0.39, 0.29) is 5.24 Å². The monoisotopic (exact) mass is 441 g/mol. The van der Waals surface area contributed by atoms with Crippen LogP contribution in [0.1, 0.15) is 31.4 Å². The lowest BCUT2D eigenvalue weighted by Crippen LogP contribution is -2.27. The maximum atomic E-state index is 12.9. The third-order valence-electron chi connectivity index (χ3n) is 4.53. The van der Waals surface area contributed by atoms with Crippen LogP contribution < -0.4 is 14.4 Å². The number of aryl methyl sites for hydroxylation is 1. The molecule has 2 aromatic rings. The van der Waals surface area contributed by atoms with Crippen LogP contribution in [0.15, 0.2) is 47.4 Å². The standard InChI is InChI=1S/C23H23NO6S/c1-4-17(22(26)27)30-18-10-9-15(12-19(18)29-5-2)13-20-21(25)24(23(28)31-20)16-8-6-7-14(3)11-16/h6-13,17H,4-5H2,1-3H3,(H,26,27)/b20-13+. The van der Waals surface area contributed by atoms with E-state index >= 15 is 0 Å². The number of aliphatic carboxylic acids is 1. The molecule has 1 fully saturated rings. The van der Waals surface area contributed by atoms with E-state index in [1.54, 1.807) is 56.3 Å². The Kier molecular flexibility index (Phi) is 7.02. The Morgan fingerprint density at radius 1 is 1.16 bits per heavy atom. The molecule has 8 heteroatoms. The molecule has 1 aliphatic heterocycles. The number of anilines is 1. The van der Waals surface area contributed by atoms with Crippen molar-refractivity contribution in [3.05, 3.63) is 58.5 Å². The van der Waals surface area contributed by atoms with Crippen LogP contribution in [0.2, 0.25) is 0 Å². The summed E-state index contributed by atoms with van der Waals surface area (Å²) >= 11 is 0.868. The molecule has 0 bridgehead atoms. The fourth-order valence-electron chi connectivity index (χ4n) is 3.05. The van der Waals surface area contributed by atoms with Gasteiger partial charge in [-0.05, 0) is 73.5 Å². The predicted octanol–water partition coefficient (Wildman–Crippen LogP) is 4.88. The second-order valence-electron chi connectivity index (χ2n) is 6.85. The van der Waals surface area contributed by atoms with Crippen LogP contribution in [-0.2, 0) is 9.59 Å². The molecule has 1 saturated heterocycles. The molecular weight excluding hydrogens is 418 g/mol. The number of amides is 2. The average Bonchev–Trinajstić information content (AvgIpc) is 3.00. The summed E-state index contributed by atoms with van der Waals surface area (Å²) in [6, 6.07) is 12.1.